The Bertz CT molecular complexity index is 338. The number of ketones is 1. The summed E-state index contributed by atoms with van der Waals surface area (Å²) in [5, 5.41) is 8.41. The van der Waals surface area contributed by atoms with Gasteiger partial charge in [-0.25, -0.2) is 4.79 Å². The molecule has 0 aliphatic heterocycles. The van der Waals surface area contributed by atoms with Crippen molar-refractivity contribution in [1.29, 1.82) is 0 Å². The zero-order chi connectivity index (χ0) is 11.8. The normalized spacial score (nSPS) is 8.73. The number of benzene rings is 1. The molecule has 0 heterocycles. The molecule has 0 radical (unpaired) electrons. The molecule has 5 nitrogen and oxygen atoms in total. The van der Waals surface area contributed by atoms with Crippen LogP contribution in [-0.4, -0.2) is 23.1 Å². The van der Waals surface area contributed by atoms with E-state index in [1.165, 1.54) is 23.9 Å². The van der Waals surface area contributed by atoms with Crippen LogP contribution in [0.3, 0.4) is 0 Å². The van der Waals surface area contributed by atoms with Gasteiger partial charge in [-0.15, -0.1) is 11.8 Å². The predicted molar refractivity (Wildman–Crippen MR) is 58.6 cm³/mol. The Morgan fingerprint density at radius 2 is 1.67 bits per heavy atom. The van der Waals surface area contributed by atoms with Crippen LogP contribution >= 0.6 is 11.8 Å². The number of carbonyl (C=O) groups is 2. The Hall–Kier alpha value is -1.37. The fourth-order valence-electron chi connectivity index (χ4n) is 0.866. The van der Waals surface area contributed by atoms with Crippen molar-refractivity contribution in [1.82, 2.24) is 0 Å². The molecule has 0 saturated carbocycles. The molecule has 5 N–H and O–H groups in total. The Kier molecular flexibility index (Phi) is 6.35. The predicted octanol–water partition coefficient (Wildman–Crippen LogP) is 0.495. The molecular weight excluding hydrogens is 216 g/mol. The van der Waals surface area contributed by atoms with Gasteiger partial charge in [-0.1, -0.05) is 0 Å². The van der Waals surface area contributed by atoms with Gasteiger partial charge >= 0.3 is 5.97 Å². The van der Waals surface area contributed by atoms with E-state index in [1.54, 1.807) is 12.1 Å². The van der Waals surface area contributed by atoms with Crippen molar-refractivity contribution in [3.63, 3.8) is 0 Å². The zero-order valence-electron chi connectivity index (χ0n) is 8.14. The van der Waals surface area contributed by atoms with Gasteiger partial charge in [-0.2, -0.15) is 0 Å². The number of hydrogen-bond donors (Lipinski definition) is 3. The second-order valence-corrected chi connectivity index (χ2v) is 3.24. The van der Waals surface area contributed by atoms with E-state index in [0.717, 1.165) is 4.90 Å². The van der Waals surface area contributed by atoms with E-state index in [2.05, 4.69) is 11.7 Å². The summed E-state index contributed by atoms with van der Waals surface area (Å²) in [7, 11) is 0. The molecule has 0 atom stereocenters. The summed E-state index contributed by atoms with van der Waals surface area (Å²) in [5.41, 5.74) is 0.213. The van der Waals surface area contributed by atoms with Crippen molar-refractivity contribution in [2.75, 3.05) is 6.26 Å². The number of rotatable bonds is 3. The third kappa shape index (κ3) is 4.11. The van der Waals surface area contributed by atoms with Gasteiger partial charge in [0.1, 0.15) is 0 Å². The van der Waals surface area contributed by atoms with Crippen LogP contribution in [0.1, 0.15) is 10.4 Å². The van der Waals surface area contributed by atoms with Gasteiger partial charge in [-0.3, -0.25) is 16.5 Å². The molecule has 1 aromatic carbocycles. The van der Waals surface area contributed by atoms with Gasteiger partial charge in [0.15, 0.2) is 0 Å². The van der Waals surface area contributed by atoms with Crippen molar-refractivity contribution < 1.29 is 14.7 Å². The second kappa shape index (κ2) is 6.99. The van der Waals surface area contributed by atoms with Crippen molar-refractivity contribution >= 4 is 23.5 Å². The number of hydrazine groups is 1. The SMILES string of the molecule is CSc1ccc(C(=O)C(=O)O)cc1.NN. The van der Waals surface area contributed by atoms with Crippen molar-refractivity contribution in [2.45, 2.75) is 4.90 Å². The smallest absolute Gasteiger partial charge is 0.377 e. The highest BCUT2D eigenvalue weighted by molar-refractivity contribution is 7.98. The van der Waals surface area contributed by atoms with Gasteiger partial charge < -0.3 is 5.11 Å². The quantitative estimate of drug-likeness (QED) is 0.228. The molecule has 0 bridgehead atoms. The number of carboxylic acid groups (broad SMARTS) is 1. The van der Waals surface area contributed by atoms with Crippen LogP contribution in [0.15, 0.2) is 29.2 Å². The number of Topliss-reactive ketones (excluding diaryl/α,β-unsaturated/α-hetero) is 1. The van der Waals surface area contributed by atoms with Crippen LogP contribution in [0.4, 0.5) is 0 Å². The lowest BCUT2D eigenvalue weighted by Gasteiger charge is -1.97. The lowest BCUT2D eigenvalue weighted by Crippen LogP contribution is -2.12. The lowest BCUT2D eigenvalue weighted by atomic mass is 10.1. The summed E-state index contributed by atoms with van der Waals surface area (Å²) in [6.07, 6.45) is 1.91. The number of hydrogen-bond acceptors (Lipinski definition) is 5. The molecular formula is C9H12N2O3S. The van der Waals surface area contributed by atoms with Crippen molar-refractivity contribution in [3.8, 4) is 0 Å². The van der Waals surface area contributed by atoms with E-state index >= 15 is 0 Å². The zero-order valence-corrected chi connectivity index (χ0v) is 8.95. The maximum Gasteiger partial charge on any atom is 0.377 e. The summed E-state index contributed by atoms with van der Waals surface area (Å²) in [4.78, 5) is 22.2. The molecule has 82 valence electrons. The van der Waals surface area contributed by atoms with Crippen LogP contribution in [0.25, 0.3) is 0 Å². The summed E-state index contributed by atoms with van der Waals surface area (Å²) >= 11 is 1.54. The number of carboxylic acids is 1. The maximum atomic E-state index is 10.9. The van der Waals surface area contributed by atoms with E-state index in [0.29, 0.717) is 0 Å². The molecule has 1 rings (SSSR count). The van der Waals surface area contributed by atoms with Crippen molar-refractivity contribution in [3.05, 3.63) is 29.8 Å². The molecule has 0 aliphatic carbocycles. The summed E-state index contributed by atoms with van der Waals surface area (Å²) < 4.78 is 0. The molecule has 0 unspecified atom stereocenters. The number of carbonyl (C=O) groups excluding carboxylic acids is 1. The summed E-state index contributed by atoms with van der Waals surface area (Å²) in [5.74, 6) is 5.71. The van der Waals surface area contributed by atoms with E-state index in [4.69, 9.17) is 5.11 Å². The Morgan fingerprint density at radius 1 is 1.20 bits per heavy atom. The van der Waals surface area contributed by atoms with Gasteiger partial charge in [0, 0.05) is 10.5 Å². The lowest BCUT2D eigenvalue weighted by molar-refractivity contribution is -0.131. The van der Waals surface area contributed by atoms with Gasteiger partial charge in [-0.05, 0) is 30.5 Å². The molecule has 6 heteroatoms. The summed E-state index contributed by atoms with van der Waals surface area (Å²) in [6, 6.07) is 6.48. The first-order chi connectivity index (χ1) is 7.15. The highest BCUT2D eigenvalue weighted by atomic mass is 32.2. The number of aliphatic carboxylic acids is 1. The second-order valence-electron chi connectivity index (χ2n) is 2.36. The molecule has 0 aliphatic rings. The maximum absolute atomic E-state index is 10.9. The van der Waals surface area contributed by atoms with Crippen LogP contribution in [0.5, 0.6) is 0 Å². The van der Waals surface area contributed by atoms with E-state index < -0.39 is 11.8 Å². The average molecular weight is 228 g/mol. The standard InChI is InChI=1S/C9H8O3S.H4N2/c1-13-7-4-2-6(3-5-7)8(10)9(11)12;1-2/h2-5H,1H3,(H,11,12);1-2H2. The Labute approximate surface area is 91.4 Å². The third-order valence-electron chi connectivity index (χ3n) is 1.55. The minimum atomic E-state index is -1.42. The molecule has 0 amide bonds. The highest BCUT2D eigenvalue weighted by Crippen LogP contribution is 2.14. The summed E-state index contributed by atoms with van der Waals surface area (Å²) in [6.45, 7) is 0. The van der Waals surface area contributed by atoms with Gasteiger partial charge in [0.25, 0.3) is 5.78 Å². The van der Waals surface area contributed by atoms with Crippen LogP contribution in [0.2, 0.25) is 0 Å². The Morgan fingerprint density at radius 3 is 2.00 bits per heavy atom. The Balaban J connectivity index is 0.000000921. The fourth-order valence-corrected chi connectivity index (χ4v) is 1.27. The number of thioether (sulfide) groups is 1. The van der Waals surface area contributed by atoms with Gasteiger partial charge in [0.2, 0.25) is 0 Å². The molecule has 0 saturated heterocycles. The van der Waals surface area contributed by atoms with Crippen LogP contribution in [-0.2, 0) is 4.79 Å². The topological polar surface area (TPSA) is 106 Å². The van der Waals surface area contributed by atoms with E-state index in [9.17, 15) is 9.59 Å². The highest BCUT2D eigenvalue weighted by Gasteiger charge is 2.13. The van der Waals surface area contributed by atoms with Crippen molar-refractivity contribution in [2.24, 2.45) is 11.7 Å². The molecule has 15 heavy (non-hydrogen) atoms. The molecule has 1 aromatic rings. The first kappa shape index (κ1) is 13.6. The largest absolute Gasteiger partial charge is 0.475 e. The molecule has 0 fully saturated rings. The van der Waals surface area contributed by atoms with Crippen LogP contribution < -0.4 is 11.7 Å². The third-order valence-corrected chi connectivity index (χ3v) is 2.29. The monoisotopic (exact) mass is 228 g/mol. The van der Waals surface area contributed by atoms with E-state index in [1.807, 2.05) is 6.26 Å². The number of nitrogens with two attached hydrogens (primary N) is 2. The molecule has 0 spiro atoms. The molecule has 0 aromatic heterocycles. The fraction of sp³-hybridized carbons (Fsp3) is 0.111. The van der Waals surface area contributed by atoms with Gasteiger partial charge in [0.05, 0.1) is 0 Å². The first-order valence-electron chi connectivity index (χ1n) is 3.90. The minimum Gasteiger partial charge on any atom is -0.475 e. The minimum absolute atomic E-state index is 0.213. The van der Waals surface area contributed by atoms with Crippen LogP contribution in [0, 0.1) is 0 Å². The van der Waals surface area contributed by atoms with E-state index in [-0.39, 0.29) is 5.56 Å². The first-order valence-corrected chi connectivity index (χ1v) is 5.12. The average Bonchev–Trinajstić information content (AvgIpc) is 2.31.